The number of allylic oxidation sites excluding steroid dienone is 1. The Kier molecular flexibility index (Phi) is 3.88. The van der Waals surface area contributed by atoms with Crippen molar-refractivity contribution in [3.05, 3.63) is 12.2 Å². The van der Waals surface area contributed by atoms with Crippen molar-refractivity contribution < 1.29 is 19.1 Å². The van der Waals surface area contributed by atoms with E-state index in [1.54, 1.807) is 6.08 Å². The normalized spacial score (nSPS) is 29.7. The van der Waals surface area contributed by atoms with Gasteiger partial charge in [0.1, 0.15) is 0 Å². The molecule has 0 radical (unpaired) electrons. The lowest BCUT2D eigenvalue weighted by molar-refractivity contribution is -0.156. The van der Waals surface area contributed by atoms with Crippen LogP contribution in [0.5, 0.6) is 0 Å². The molecule has 0 aromatic heterocycles. The Bertz CT molecular complexity index is 282. The average molecular weight is 212 g/mol. The van der Waals surface area contributed by atoms with Crippen molar-refractivity contribution in [2.45, 2.75) is 13.3 Å². The van der Waals surface area contributed by atoms with Crippen LogP contribution in [0.2, 0.25) is 0 Å². The summed E-state index contributed by atoms with van der Waals surface area (Å²) in [4.78, 5) is 22.9. The Morgan fingerprint density at radius 1 is 1.13 bits per heavy atom. The van der Waals surface area contributed by atoms with E-state index in [4.69, 9.17) is 0 Å². The SMILES string of the molecule is COC(=O)C1C=CC(C)CC1C(=O)OC. The van der Waals surface area contributed by atoms with Gasteiger partial charge in [-0.2, -0.15) is 0 Å². The van der Waals surface area contributed by atoms with Crippen LogP contribution >= 0.6 is 0 Å². The van der Waals surface area contributed by atoms with Gasteiger partial charge in [0.05, 0.1) is 26.1 Å². The van der Waals surface area contributed by atoms with E-state index in [1.807, 2.05) is 13.0 Å². The van der Waals surface area contributed by atoms with Gasteiger partial charge in [0.15, 0.2) is 0 Å². The zero-order valence-corrected chi connectivity index (χ0v) is 9.23. The highest BCUT2D eigenvalue weighted by molar-refractivity contribution is 5.83. The van der Waals surface area contributed by atoms with Crippen LogP contribution in [0.15, 0.2) is 12.2 Å². The maximum atomic E-state index is 11.5. The molecule has 4 heteroatoms. The number of hydrogen-bond acceptors (Lipinski definition) is 4. The highest BCUT2D eigenvalue weighted by atomic mass is 16.5. The van der Waals surface area contributed by atoms with E-state index >= 15 is 0 Å². The van der Waals surface area contributed by atoms with Gasteiger partial charge in [0.25, 0.3) is 0 Å². The van der Waals surface area contributed by atoms with Crippen molar-refractivity contribution in [1.82, 2.24) is 0 Å². The third kappa shape index (κ3) is 2.58. The Morgan fingerprint density at radius 3 is 2.27 bits per heavy atom. The van der Waals surface area contributed by atoms with E-state index in [0.717, 1.165) is 0 Å². The van der Waals surface area contributed by atoms with Crippen molar-refractivity contribution in [3.63, 3.8) is 0 Å². The molecule has 84 valence electrons. The molecule has 0 bridgehead atoms. The molecule has 0 saturated carbocycles. The van der Waals surface area contributed by atoms with Gasteiger partial charge < -0.3 is 9.47 Å². The Morgan fingerprint density at radius 2 is 1.73 bits per heavy atom. The fourth-order valence-corrected chi connectivity index (χ4v) is 1.84. The molecule has 4 nitrogen and oxygen atoms in total. The lowest BCUT2D eigenvalue weighted by Crippen LogP contribution is -2.33. The predicted molar refractivity (Wildman–Crippen MR) is 53.9 cm³/mol. The Hall–Kier alpha value is -1.32. The van der Waals surface area contributed by atoms with Crippen molar-refractivity contribution in [2.24, 2.45) is 17.8 Å². The molecule has 1 aliphatic carbocycles. The molecule has 1 aliphatic rings. The van der Waals surface area contributed by atoms with Gasteiger partial charge in [-0.1, -0.05) is 19.1 Å². The average Bonchev–Trinajstić information content (AvgIpc) is 2.26. The standard InChI is InChI=1S/C11H16O4/c1-7-4-5-8(10(12)14-2)9(6-7)11(13)15-3/h4-5,7-9H,6H2,1-3H3. The van der Waals surface area contributed by atoms with Crippen LogP contribution in [-0.2, 0) is 19.1 Å². The van der Waals surface area contributed by atoms with Crippen molar-refractivity contribution in [2.75, 3.05) is 14.2 Å². The minimum Gasteiger partial charge on any atom is -0.469 e. The number of carbonyl (C=O) groups excluding carboxylic acids is 2. The van der Waals surface area contributed by atoms with E-state index in [0.29, 0.717) is 6.42 Å². The molecule has 0 aromatic carbocycles. The minimum atomic E-state index is -0.501. The number of rotatable bonds is 2. The summed E-state index contributed by atoms with van der Waals surface area (Å²) in [6.07, 6.45) is 4.30. The summed E-state index contributed by atoms with van der Waals surface area (Å²) in [6.45, 7) is 2.00. The molecule has 0 saturated heterocycles. The number of methoxy groups -OCH3 is 2. The van der Waals surface area contributed by atoms with Crippen molar-refractivity contribution >= 4 is 11.9 Å². The van der Waals surface area contributed by atoms with Crippen LogP contribution in [-0.4, -0.2) is 26.2 Å². The maximum Gasteiger partial charge on any atom is 0.313 e. The first-order valence-electron chi connectivity index (χ1n) is 4.94. The van der Waals surface area contributed by atoms with Crippen molar-refractivity contribution in [1.29, 1.82) is 0 Å². The molecule has 0 aromatic rings. The van der Waals surface area contributed by atoms with Crippen LogP contribution in [0.1, 0.15) is 13.3 Å². The van der Waals surface area contributed by atoms with E-state index in [9.17, 15) is 9.59 Å². The van der Waals surface area contributed by atoms with Gasteiger partial charge in [-0.3, -0.25) is 9.59 Å². The number of esters is 2. The molecule has 0 aliphatic heterocycles. The zero-order valence-electron chi connectivity index (χ0n) is 9.23. The number of hydrogen-bond donors (Lipinski definition) is 0. The monoisotopic (exact) mass is 212 g/mol. The third-order valence-electron chi connectivity index (χ3n) is 2.68. The van der Waals surface area contributed by atoms with Crippen molar-refractivity contribution in [3.8, 4) is 0 Å². The molecular weight excluding hydrogens is 196 g/mol. The Balaban J connectivity index is 2.85. The Labute approximate surface area is 89.2 Å². The first kappa shape index (κ1) is 11.8. The van der Waals surface area contributed by atoms with Crippen LogP contribution in [0.3, 0.4) is 0 Å². The first-order valence-corrected chi connectivity index (χ1v) is 4.94. The molecule has 0 spiro atoms. The quantitative estimate of drug-likeness (QED) is 0.509. The second kappa shape index (κ2) is 4.96. The second-order valence-corrected chi connectivity index (χ2v) is 3.78. The largest absolute Gasteiger partial charge is 0.469 e. The van der Waals surface area contributed by atoms with Gasteiger partial charge in [0.2, 0.25) is 0 Å². The molecule has 1 rings (SSSR count). The lowest BCUT2D eigenvalue weighted by atomic mass is 9.79. The van der Waals surface area contributed by atoms with Crippen LogP contribution in [0.25, 0.3) is 0 Å². The summed E-state index contributed by atoms with van der Waals surface area (Å²) in [6, 6.07) is 0. The highest BCUT2D eigenvalue weighted by Crippen LogP contribution is 2.30. The number of carbonyl (C=O) groups is 2. The van der Waals surface area contributed by atoms with Gasteiger partial charge in [0, 0.05) is 0 Å². The zero-order chi connectivity index (χ0) is 11.4. The van der Waals surface area contributed by atoms with Gasteiger partial charge in [-0.25, -0.2) is 0 Å². The fraction of sp³-hybridized carbons (Fsp3) is 0.636. The highest BCUT2D eigenvalue weighted by Gasteiger charge is 2.36. The van der Waals surface area contributed by atoms with Gasteiger partial charge >= 0.3 is 11.9 Å². The molecule has 15 heavy (non-hydrogen) atoms. The summed E-state index contributed by atoms with van der Waals surface area (Å²) >= 11 is 0. The first-order chi connectivity index (χ1) is 7.10. The predicted octanol–water partition coefficient (Wildman–Crippen LogP) is 1.16. The smallest absolute Gasteiger partial charge is 0.313 e. The summed E-state index contributed by atoms with van der Waals surface area (Å²) in [7, 11) is 2.65. The molecule has 3 atom stereocenters. The summed E-state index contributed by atoms with van der Waals surface area (Å²) < 4.78 is 9.33. The minimum absolute atomic E-state index is 0.287. The molecule has 0 heterocycles. The topological polar surface area (TPSA) is 52.6 Å². The number of ether oxygens (including phenoxy) is 2. The van der Waals surface area contributed by atoms with E-state index < -0.39 is 11.8 Å². The van der Waals surface area contributed by atoms with Crippen LogP contribution in [0.4, 0.5) is 0 Å². The molecular formula is C11H16O4. The van der Waals surface area contributed by atoms with E-state index in [1.165, 1.54) is 14.2 Å². The van der Waals surface area contributed by atoms with Crippen LogP contribution in [0, 0.1) is 17.8 Å². The molecule has 0 amide bonds. The maximum absolute atomic E-state index is 11.5. The molecule has 3 unspecified atom stereocenters. The lowest BCUT2D eigenvalue weighted by Gasteiger charge is -2.26. The second-order valence-electron chi connectivity index (χ2n) is 3.78. The summed E-state index contributed by atoms with van der Waals surface area (Å²) in [5.74, 6) is -1.36. The summed E-state index contributed by atoms with van der Waals surface area (Å²) in [5.41, 5.74) is 0. The van der Waals surface area contributed by atoms with E-state index in [-0.39, 0.29) is 17.9 Å². The van der Waals surface area contributed by atoms with Crippen LogP contribution < -0.4 is 0 Å². The van der Waals surface area contributed by atoms with E-state index in [2.05, 4.69) is 9.47 Å². The molecule has 0 fully saturated rings. The third-order valence-corrected chi connectivity index (χ3v) is 2.68. The van der Waals surface area contributed by atoms with Gasteiger partial charge in [-0.15, -0.1) is 0 Å². The van der Waals surface area contributed by atoms with Gasteiger partial charge in [-0.05, 0) is 12.3 Å². The fourth-order valence-electron chi connectivity index (χ4n) is 1.84. The molecule has 0 N–H and O–H groups in total. The summed E-state index contributed by atoms with van der Waals surface area (Å²) in [5, 5.41) is 0.